The molecule has 0 unspecified atom stereocenters. The normalized spacial score (nSPS) is 29.3. The van der Waals surface area contributed by atoms with Gasteiger partial charge in [-0.25, -0.2) is 0 Å². The molecular weight excluding hydrogens is 550 g/mol. The molecule has 0 saturated carbocycles. The molecule has 3 aliphatic heterocycles. The van der Waals surface area contributed by atoms with Crippen LogP contribution < -0.4 is 9.47 Å². The fourth-order valence-electron chi connectivity index (χ4n) is 8.45. The lowest BCUT2D eigenvalue weighted by Crippen LogP contribution is -2.75. The summed E-state index contributed by atoms with van der Waals surface area (Å²) in [5.41, 5.74) is -3.23. The van der Waals surface area contributed by atoms with E-state index in [-0.39, 0.29) is 17.6 Å². The first-order chi connectivity index (χ1) is 20.0. The molecule has 220 valence electrons. The van der Waals surface area contributed by atoms with E-state index in [4.69, 9.17) is 9.47 Å². The molecule has 1 spiro atoms. The molecule has 2 aromatic rings. The zero-order valence-corrected chi connectivity index (χ0v) is 23.1. The van der Waals surface area contributed by atoms with Crippen molar-refractivity contribution < 1.29 is 29.4 Å². The first-order valence-electron chi connectivity index (χ1n) is 13.9. The number of benzene rings is 2. The predicted octanol–water partition coefficient (Wildman–Crippen LogP) is 3.32. The van der Waals surface area contributed by atoms with Gasteiger partial charge in [0.05, 0.1) is 39.4 Å². The van der Waals surface area contributed by atoms with Crippen LogP contribution in [-0.4, -0.2) is 81.2 Å². The fourth-order valence-corrected chi connectivity index (χ4v) is 8.45. The molecule has 2 aromatic carbocycles. The molecule has 2 aliphatic carbocycles. The van der Waals surface area contributed by atoms with E-state index in [0.717, 1.165) is 36.1 Å². The van der Waals surface area contributed by atoms with Crippen LogP contribution in [0.25, 0.3) is 5.57 Å². The number of hydrogen-bond acceptors (Lipinski definition) is 11. The van der Waals surface area contributed by atoms with Gasteiger partial charge in [0.2, 0.25) is 0 Å². The summed E-state index contributed by atoms with van der Waals surface area (Å²) in [7, 11) is 3.41. The summed E-state index contributed by atoms with van der Waals surface area (Å²) in [6, 6.07) is 4.71. The number of nitro benzene ring substituents is 3. The second-order valence-corrected chi connectivity index (χ2v) is 11.8. The van der Waals surface area contributed by atoms with Crippen LogP contribution in [0, 0.1) is 30.3 Å². The SMILES string of the molecule is COc1ccc2c3c1O[C@@H]1CC(N4CCCC4)=C(c4c([N+](=O)[O-])cc([N+](=O)[O-])cc4[N+](=O)[O-])[C@]4(O)[C@H](C2)N(C)CC[C@@]314. The van der Waals surface area contributed by atoms with E-state index in [0.29, 0.717) is 49.7 Å². The van der Waals surface area contributed by atoms with Crippen LogP contribution in [0.15, 0.2) is 30.0 Å². The first-order valence-corrected chi connectivity index (χ1v) is 13.9. The van der Waals surface area contributed by atoms with E-state index in [2.05, 4.69) is 0 Å². The highest BCUT2D eigenvalue weighted by molar-refractivity contribution is 5.91. The van der Waals surface area contributed by atoms with Crippen LogP contribution >= 0.6 is 0 Å². The second-order valence-electron chi connectivity index (χ2n) is 11.8. The zero-order valence-electron chi connectivity index (χ0n) is 23.1. The third-order valence-corrected chi connectivity index (χ3v) is 10.1. The van der Waals surface area contributed by atoms with Gasteiger partial charge >= 0.3 is 0 Å². The van der Waals surface area contributed by atoms with Crippen LogP contribution in [0.3, 0.4) is 0 Å². The number of hydrogen-bond donors (Lipinski definition) is 1. The highest BCUT2D eigenvalue weighted by Crippen LogP contribution is 2.69. The van der Waals surface area contributed by atoms with E-state index in [9.17, 15) is 35.4 Å². The summed E-state index contributed by atoms with van der Waals surface area (Å²) in [5.74, 6) is 1.03. The number of methoxy groups -OCH3 is 1. The third-order valence-electron chi connectivity index (χ3n) is 10.1. The van der Waals surface area contributed by atoms with Gasteiger partial charge in [0.15, 0.2) is 11.5 Å². The minimum Gasteiger partial charge on any atom is -0.493 e. The average molecular weight is 580 g/mol. The van der Waals surface area contributed by atoms with Gasteiger partial charge in [0, 0.05) is 42.4 Å². The van der Waals surface area contributed by atoms with Gasteiger partial charge in [-0.1, -0.05) is 6.07 Å². The van der Waals surface area contributed by atoms with E-state index in [1.54, 1.807) is 0 Å². The summed E-state index contributed by atoms with van der Waals surface area (Å²) >= 11 is 0. The van der Waals surface area contributed by atoms with Crippen molar-refractivity contribution in [1.29, 1.82) is 0 Å². The molecular formula is C28H29N5O9. The predicted molar refractivity (Wildman–Crippen MR) is 148 cm³/mol. The van der Waals surface area contributed by atoms with Gasteiger partial charge in [-0.15, -0.1) is 0 Å². The highest BCUT2D eigenvalue weighted by Gasteiger charge is 2.74. The molecule has 1 N–H and O–H groups in total. The van der Waals surface area contributed by atoms with Crippen molar-refractivity contribution in [3.8, 4) is 11.5 Å². The Morgan fingerprint density at radius 3 is 2.26 bits per heavy atom. The Morgan fingerprint density at radius 2 is 1.67 bits per heavy atom. The van der Waals surface area contributed by atoms with Crippen molar-refractivity contribution in [2.75, 3.05) is 33.8 Å². The van der Waals surface area contributed by atoms with E-state index < -0.39 is 55.0 Å². The second kappa shape index (κ2) is 8.85. The number of nitrogens with zero attached hydrogens (tertiary/aromatic N) is 5. The molecule has 7 rings (SSSR count). The molecule has 0 aromatic heterocycles. The maximum Gasteiger partial charge on any atom is 0.290 e. The molecule has 14 heteroatoms. The van der Waals surface area contributed by atoms with E-state index in [1.807, 2.05) is 29.0 Å². The molecule has 0 amide bonds. The number of likely N-dealkylation sites (N-methyl/N-ethyl adjacent to an activating group) is 1. The number of aliphatic hydroxyl groups is 1. The average Bonchev–Trinajstić information content (AvgIpc) is 3.60. The molecule has 42 heavy (non-hydrogen) atoms. The summed E-state index contributed by atoms with van der Waals surface area (Å²) in [4.78, 5) is 38.3. The molecule has 5 aliphatic rings. The summed E-state index contributed by atoms with van der Waals surface area (Å²) in [6.45, 7) is 1.80. The van der Waals surface area contributed by atoms with Crippen molar-refractivity contribution >= 4 is 22.6 Å². The molecule has 4 atom stereocenters. The van der Waals surface area contributed by atoms with Crippen LogP contribution in [0.1, 0.15) is 42.4 Å². The first kappa shape index (κ1) is 26.6. The van der Waals surface area contributed by atoms with Crippen LogP contribution in [0.2, 0.25) is 0 Å². The fraction of sp³-hybridized carbons (Fsp3) is 0.500. The van der Waals surface area contributed by atoms with E-state index >= 15 is 0 Å². The number of rotatable bonds is 6. The Kier molecular flexibility index (Phi) is 5.60. The number of nitro groups is 3. The number of ether oxygens (including phenoxy) is 2. The Hall–Kier alpha value is -4.30. The quantitative estimate of drug-likeness (QED) is 0.393. The largest absolute Gasteiger partial charge is 0.493 e. The van der Waals surface area contributed by atoms with Gasteiger partial charge < -0.3 is 19.5 Å². The van der Waals surface area contributed by atoms with Gasteiger partial charge in [0.1, 0.15) is 17.3 Å². The zero-order chi connectivity index (χ0) is 29.7. The van der Waals surface area contributed by atoms with Crippen molar-refractivity contribution in [3.63, 3.8) is 0 Å². The van der Waals surface area contributed by atoms with Crippen LogP contribution in [0.4, 0.5) is 17.1 Å². The lowest BCUT2D eigenvalue weighted by atomic mass is 9.47. The molecule has 0 radical (unpaired) electrons. The summed E-state index contributed by atoms with van der Waals surface area (Å²) < 4.78 is 12.3. The van der Waals surface area contributed by atoms with Gasteiger partial charge in [-0.2, -0.15) is 0 Å². The van der Waals surface area contributed by atoms with Crippen molar-refractivity contribution in [1.82, 2.24) is 9.80 Å². The van der Waals surface area contributed by atoms with Crippen molar-refractivity contribution in [2.45, 2.75) is 55.3 Å². The van der Waals surface area contributed by atoms with Crippen LogP contribution in [-0.2, 0) is 11.8 Å². The Morgan fingerprint density at radius 1 is 1.00 bits per heavy atom. The number of likely N-dealkylation sites (tertiary alicyclic amines) is 2. The molecule has 2 bridgehead atoms. The Balaban J connectivity index is 1.63. The van der Waals surface area contributed by atoms with Crippen molar-refractivity contribution in [2.24, 2.45) is 0 Å². The summed E-state index contributed by atoms with van der Waals surface area (Å²) in [5, 5.41) is 50.3. The summed E-state index contributed by atoms with van der Waals surface area (Å²) in [6.07, 6.45) is 2.17. The smallest absolute Gasteiger partial charge is 0.290 e. The lowest BCUT2D eigenvalue weighted by Gasteiger charge is -2.63. The Labute approximate surface area is 239 Å². The maximum absolute atomic E-state index is 13.5. The highest BCUT2D eigenvalue weighted by atomic mass is 16.6. The minimum atomic E-state index is -1.86. The minimum absolute atomic E-state index is 0.107. The van der Waals surface area contributed by atoms with Gasteiger partial charge in [-0.3, -0.25) is 35.2 Å². The monoisotopic (exact) mass is 579 g/mol. The van der Waals surface area contributed by atoms with Gasteiger partial charge in [-0.05, 0) is 50.9 Å². The molecule has 3 heterocycles. The van der Waals surface area contributed by atoms with Crippen molar-refractivity contribution in [3.05, 3.63) is 77.0 Å². The molecule has 2 saturated heterocycles. The molecule has 2 fully saturated rings. The molecule has 14 nitrogen and oxygen atoms in total. The van der Waals surface area contributed by atoms with Crippen LogP contribution in [0.5, 0.6) is 11.5 Å². The number of piperidine rings is 1. The lowest BCUT2D eigenvalue weighted by molar-refractivity contribution is -0.403. The standard InChI is InChI=1S/C28H29N5O9/c1-29-10-7-27-22-14-19(30-8-3-4-9-30)25(23-17(32(37)38)12-16(31(35)36)13-18(23)33(39)40)28(27,34)21(29)11-15-5-6-20(41-2)26(42-22)24(15)27/h5-6,12-13,21-22,34H,3-4,7-11,14H2,1-2H3/t21-,22+,27-,28+/m0/s1. The Bertz CT molecular complexity index is 1580. The topological polar surface area (TPSA) is 175 Å². The number of non-ortho nitro benzene ring substituents is 1. The third kappa shape index (κ3) is 3.16. The van der Waals surface area contributed by atoms with Gasteiger partial charge in [0.25, 0.3) is 17.1 Å². The maximum atomic E-state index is 13.5. The van der Waals surface area contributed by atoms with E-state index in [1.165, 1.54) is 7.11 Å².